The fraction of sp³-hybridized carbons (Fsp3) is 0.133. The first-order chi connectivity index (χ1) is 9.33. The molecule has 0 aliphatic rings. The summed E-state index contributed by atoms with van der Waals surface area (Å²) in [7, 11) is 0. The molecule has 0 fully saturated rings. The normalized spacial score (nSPS) is 11.0. The molecular formula is C15H14BrN3. The van der Waals surface area contributed by atoms with Crippen molar-refractivity contribution < 1.29 is 0 Å². The van der Waals surface area contributed by atoms with Crippen molar-refractivity contribution in [3.8, 4) is 0 Å². The molecule has 96 valence electrons. The number of para-hydroxylation sites is 2. The van der Waals surface area contributed by atoms with E-state index in [0.717, 1.165) is 34.4 Å². The number of halogens is 1. The Morgan fingerprint density at radius 3 is 2.63 bits per heavy atom. The molecule has 1 aromatic heterocycles. The van der Waals surface area contributed by atoms with Crippen LogP contribution < -0.4 is 5.32 Å². The zero-order valence-electron chi connectivity index (χ0n) is 10.4. The molecule has 0 unspecified atom stereocenters. The summed E-state index contributed by atoms with van der Waals surface area (Å²) in [5.41, 5.74) is 3.35. The Bertz CT molecular complexity index is 657. The number of aromatic nitrogens is 2. The highest BCUT2D eigenvalue weighted by molar-refractivity contribution is 9.10. The number of imidazole rings is 1. The Balaban J connectivity index is 1.65. The van der Waals surface area contributed by atoms with Crippen LogP contribution in [0.4, 0.5) is 0 Å². The molecule has 0 bridgehead atoms. The lowest BCUT2D eigenvalue weighted by Crippen LogP contribution is -2.13. The SMILES string of the molecule is Brc1ccccc1CNCc1nc2ccccc2[nH]1. The summed E-state index contributed by atoms with van der Waals surface area (Å²) in [5.74, 6) is 0.966. The van der Waals surface area contributed by atoms with Gasteiger partial charge in [0.1, 0.15) is 5.82 Å². The molecule has 0 aliphatic heterocycles. The van der Waals surface area contributed by atoms with Crippen LogP contribution in [0.25, 0.3) is 11.0 Å². The summed E-state index contributed by atoms with van der Waals surface area (Å²) in [6.45, 7) is 1.55. The van der Waals surface area contributed by atoms with Crippen molar-refractivity contribution >= 4 is 27.0 Å². The van der Waals surface area contributed by atoms with Crippen molar-refractivity contribution in [1.29, 1.82) is 0 Å². The Kier molecular flexibility index (Phi) is 3.62. The van der Waals surface area contributed by atoms with Crippen molar-refractivity contribution in [2.75, 3.05) is 0 Å². The number of nitrogens with one attached hydrogen (secondary N) is 2. The molecule has 0 saturated carbocycles. The molecule has 4 heteroatoms. The Morgan fingerprint density at radius 2 is 1.79 bits per heavy atom. The lowest BCUT2D eigenvalue weighted by molar-refractivity contribution is 0.669. The van der Waals surface area contributed by atoms with E-state index in [1.165, 1.54) is 5.56 Å². The number of benzene rings is 2. The van der Waals surface area contributed by atoms with Crippen LogP contribution in [0, 0.1) is 0 Å². The van der Waals surface area contributed by atoms with Crippen LogP contribution >= 0.6 is 15.9 Å². The van der Waals surface area contributed by atoms with E-state index in [4.69, 9.17) is 0 Å². The number of nitrogens with zero attached hydrogens (tertiary/aromatic N) is 1. The van der Waals surface area contributed by atoms with Crippen LogP contribution in [0.1, 0.15) is 11.4 Å². The van der Waals surface area contributed by atoms with E-state index >= 15 is 0 Å². The van der Waals surface area contributed by atoms with E-state index in [1.54, 1.807) is 0 Å². The fourth-order valence-electron chi connectivity index (χ4n) is 2.05. The second kappa shape index (κ2) is 5.55. The van der Waals surface area contributed by atoms with E-state index in [9.17, 15) is 0 Å². The fourth-order valence-corrected chi connectivity index (χ4v) is 2.47. The Morgan fingerprint density at radius 1 is 1.00 bits per heavy atom. The quantitative estimate of drug-likeness (QED) is 0.772. The number of H-pyrrole nitrogens is 1. The zero-order chi connectivity index (χ0) is 13.1. The highest BCUT2D eigenvalue weighted by Crippen LogP contribution is 2.15. The maximum absolute atomic E-state index is 4.54. The summed E-state index contributed by atoms with van der Waals surface area (Å²) in [6, 6.07) is 16.3. The van der Waals surface area contributed by atoms with E-state index in [2.05, 4.69) is 43.3 Å². The Labute approximate surface area is 120 Å². The third-order valence-corrected chi connectivity index (χ3v) is 3.78. The van der Waals surface area contributed by atoms with Crippen LogP contribution in [0.2, 0.25) is 0 Å². The minimum atomic E-state index is 0.732. The topological polar surface area (TPSA) is 40.7 Å². The van der Waals surface area contributed by atoms with Crippen molar-refractivity contribution in [2.24, 2.45) is 0 Å². The van der Waals surface area contributed by atoms with Gasteiger partial charge < -0.3 is 10.3 Å². The van der Waals surface area contributed by atoms with Gasteiger partial charge in [-0.2, -0.15) is 0 Å². The number of rotatable bonds is 4. The molecule has 3 nitrogen and oxygen atoms in total. The average Bonchev–Trinajstić information content (AvgIpc) is 2.83. The van der Waals surface area contributed by atoms with Crippen LogP contribution in [0.5, 0.6) is 0 Å². The first-order valence-electron chi connectivity index (χ1n) is 6.21. The summed E-state index contributed by atoms with van der Waals surface area (Å²) in [6.07, 6.45) is 0. The summed E-state index contributed by atoms with van der Waals surface area (Å²) in [5, 5.41) is 3.40. The third kappa shape index (κ3) is 2.85. The van der Waals surface area contributed by atoms with E-state index < -0.39 is 0 Å². The minimum absolute atomic E-state index is 0.732. The zero-order valence-corrected chi connectivity index (χ0v) is 11.9. The van der Waals surface area contributed by atoms with Gasteiger partial charge in [-0.25, -0.2) is 4.98 Å². The van der Waals surface area contributed by atoms with E-state index in [-0.39, 0.29) is 0 Å². The predicted octanol–water partition coefficient (Wildman–Crippen LogP) is 3.62. The summed E-state index contributed by atoms with van der Waals surface area (Å²) in [4.78, 5) is 7.85. The minimum Gasteiger partial charge on any atom is -0.341 e. The lowest BCUT2D eigenvalue weighted by Gasteiger charge is -2.05. The van der Waals surface area contributed by atoms with Crippen molar-refractivity contribution in [2.45, 2.75) is 13.1 Å². The van der Waals surface area contributed by atoms with Gasteiger partial charge >= 0.3 is 0 Å². The third-order valence-electron chi connectivity index (χ3n) is 3.00. The number of hydrogen-bond acceptors (Lipinski definition) is 2. The average molecular weight is 316 g/mol. The summed E-state index contributed by atoms with van der Waals surface area (Å²) >= 11 is 3.55. The van der Waals surface area contributed by atoms with Crippen LogP contribution in [0.15, 0.2) is 53.0 Å². The first-order valence-corrected chi connectivity index (χ1v) is 7.00. The summed E-state index contributed by atoms with van der Waals surface area (Å²) < 4.78 is 1.13. The smallest absolute Gasteiger partial charge is 0.121 e. The van der Waals surface area contributed by atoms with Gasteiger partial charge in [0.05, 0.1) is 17.6 Å². The van der Waals surface area contributed by atoms with E-state index in [0.29, 0.717) is 0 Å². The van der Waals surface area contributed by atoms with Crippen LogP contribution in [0.3, 0.4) is 0 Å². The highest BCUT2D eigenvalue weighted by Gasteiger charge is 2.02. The highest BCUT2D eigenvalue weighted by atomic mass is 79.9. The predicted molar refractivity (Wildman–Crippen MR) is 80.8 cm³/mol. The maximum Gasteiger partial charge on any atom is 0.121 e. The molecule has 0 atom stereocenters. The number of hydrogen-bond donors (Lipinski definition) is 2. The first kappa shape index (κ1) is 12.4. The maximum atomic E-state index is 4.54. The van der Waals surface area contributed by atoms with Gasteiger partial charge in [0.25, 0.3) is 0 Å². The molecule has 3 aromatic rings. The van der Waals surface area contributed by atoms with Crippen LogP contribution in [-0.2, 0) is 13.1 Å². The second-order valence-electron chi connectivity index (χ2n) is 4.40. The van der Waals surface area contributed by atoms with Gasteiger partial charge in [-0.05, 0) is 23.8 Å². The van der Waals surface area contributed by atoms with Crippen LogP contribution in [-0.4, -0.2) is 9.97 Å². The standard InChI is InChI=1S/C15H14BrN3/c16-12-6-2-1-5-11(12)9-17-10-15-18-13-7-3-4-8-14(13)19-15/h1-8,17H,9-10H2,(H,18,19). The molecule has 3 rings (SSSR count). The molecule has 1 heterocycles. The molecule has 0 spiro atoms. The van der Waals surface area contributed by atoms with Gasteiger partial charge in [-0.1, -0.05) is 46.3 Å². The van der Waals surface area contributed by atoms with E-state index in [1.807, 2.05) is 36.4 Å². The van der Waals surface area contributed by atoms with Crippen molar-refractivity contribution in [3.63, 3.8) is 0 Å². The molecule has 0 aliphatic carbocycles. The molecule has 0 saturated heterocycles. The molecular weight excluding hydrogens is 302 g/mol. The van der Waals surface area contributed by atoms with Crippen molar-refractivity contribution in [3.05, 3.63) is 64.4 Å². The van der Waals surface area contributed by atoms with Gasteiger partial charge in [0.15, 0.2) is 0 Å². The Hall–Kier alpha value is -1.65. The van der Waals surface area contributed by atoms with Gasteiger partial charge in [0.2, 0.25) is 0 Å². The van der Waals surface area contributed by atoms with Gasteiger partial charge in [0, 0.05) is 11.0 Å². The van der Waals surface area contributed by atoms with Gasteiger partial charge in [-0.15, -0.1) is 0 Å². The molecule has 0 radical (unpaired) electrons. The molecule has 0 amide bonds. The second-order valence-corrected chi connectivity index (χ2v) is 5.25. The number of fused-ring (bicyclic) bond motifs is 1. The molecule has 19 heavy (non-hydrogen) atoms. The monoisotopic (exact) mass is 315 g/mol. The molecule has 2 aromatic carbocycles. The largest absolute Gasteiger partial charge is 0.341 e. The number of aromatic amines is 1. The van der Waals surface area contributed by atoms with Crippen molar-refractivity contribution in [1.82, 2.24) is 15.3 Å². The lowest BCUT2D eigenvalue weighted by atomic mass is 10.2. The van der Waals surface area contributed by atoms with Gasteiger partial charge in [-0.3, -0.25) is 0 Å². The molecule has 2 N–H and O–H groups in total.